The van der Waals surface area contributed by atoms with Crippen molar-refractivity contribution in [2.45, 2.75) is 11.4 Å². The summed E-state index contributed by atoms with van der Waals surface area (Å²) >= 11 is 0. The van der Waals surface area contributed by atoms with Crippen LogP contribution >= 0.6 is 0 Å². The standard InChI is InChI=1S/C24H15N3O3/c28-21-14-8-2-6-12-18(14)27-23(21)19-13-7-1-4-10-16(13)25-20(19)22(29)24(27,30)15-9-3-5-11-17(15)26-23/h1-12,25-26,30H/t23-,24-/m0/s1. The largest absolute Gasteiger partial charge is 0.360 e. The first-order valence-electron chi connectivity index (χ1n) is 9.78. The summed E-state index contributed by atoms with van der Waals surface area (Å²) in [6.45, 7) is 0. The maximum Gasteiger partial charge on any atom is 0.236 e. The Morgan fingerprint density at radius 2 is 1.57 bits per heavy atom. The first-order valence-corrected chi connectivity index (χ1v) is 9.78. The predicted octanol–water partition coefficient (Wildman–Crippen LogP) is 3.49. The molecular formula is C24H15N3O3. The number of ketones is 2. The Bertz CT molecular complexity index is 1460. The van der Waals surface area contributed by atoms with Gasteiger partial charge in [-0.3, -0.25) is 14.5 Å². The van der Waals surface area contributed by atoms with Crippen LogP contribution in [-0.2, 0) is 11.4 Å². The second-order valence-electron chi connectivity index (χ2n) is 7.98. The van der Waals surface area contributed by atoms with Crippen molar-refractivity contribution in [1.82, 2.24) is 4.98 Å². The Morgan fingerprint density at radius 3 is 2.47 bits per heavy atom. The van der Waals surface area contributed by atoms with E-state index >= 15 is 0 Å². The number of carbonyl (C=O) groups excluding carboxylic acids is 2. The molecule has 6 nitrogen and oxygen atoms in total. The molecule has 144 valence electrons. The summed E-state index contributed by atoms with van der Waals surface area (Å²) in [5, 5.41) is 16.3. The molecule has 0 radical (unpaired) electrons. The second-order valence-corrected chi connectivity index (χ2v) is 7.98. The minimum atomic E-state index is -2.02. The smallest absolute Gasteiger partial charge is 0.236 e. The van der Waals surface area contributed by atoms with Crippen molar-refractivity contribution in [2.75, 3.05) is 10.2 Å². The van der Waals surface area contributed by atoms with Gasteiger partial charge in [0.25, 0.3) is 0 Å². The lowest BCUT2D eigenvalue weighted by Gasteiger charge is -2.55. The minimum Gasteiger partial charge on any atom is -0.360 e. The van der Waals surface area contributed by atoms with Crippen LogP contribution < -0.4 is 10.2 Å². The molecule has 0 unspecified atom stereocenters. The van der Waals surface area contributed by atoms with Gasteiger partial charge >= 0.3 is 0 Å². The normalized spacial score (nSPS) is 25.4. The van der Waals surface area contributed by atoms with E-state index < -0.39 is 17.2 Å². The fourth-order valence-electron chi connectivity index (χ4n) is 5.45. The first-order chi connectivity index (χ1) is 14.6. The zero-order valence-corrected chi connectivity index (χ0v) is 15.6. The number of para-hydroxylation sites is 3. The van der Waals surface area contributed by atoms with Crippen LogP contribution in [0.1, 0.15) is 32.0 Å². The second kappa shape index (κ2) is 4.80. The number of hydrogen-bond donors (Lipinski definition) is 3. The van der Waals surface area contributed by atoms with Crippen molar-refractivity contribution < 1.29 is 14.7 Å². The third-order valence-electron chi connectivity index (χ3n) is 6.61. The molecule has 0 saturated heterocycles. The fourth-order valence-corrected chi connectivity index (χ4v) is 5.45. The number of nitrogens with one attached hydrogen (secondary N) is 2. The van der Waals surface area contributed by atoms with E-state index in [1.165, 1.54) is 0 Å². The van der Waals surface area contributed by atoms with Gasteiger partial charge in [-0.1, -0.05) is 48.5 Å². The van der Waals surface area contributed by atoms with Gasteiger partial charge in [-0.25, -0.2) is 0 Å². The number of aliphatic hydroxyl groups is 1. The number of anilines is 2. The monoisotopic (exact) mass is 393 g/mol. The molecule has 3 aliphatic rings. The van der Waals surface area contributed by atoms with E-state index in [4.69, 9.17) is 0 Å². The van der Waals surface area contributed by atoms with E-state index in [2.05, 4.69) is 10.3 Å². The van der Waals surface area contributed by atoms with Crippen LogP contribution in [0, 0.1) is 0 Å². The molecule has 3 N–H and O–H groups in total. The molecule has 0 fully saturated rings. The minimum absolute atomic E-state index is 0.190. The van der Waals surface area contributed by atoms with Crippen molar-refractivity contribution in [2.24, 2.45) is 0 Å². The highest BCUT2D eigenvalue weighted by atomic mass is 16.3. The van der Waals surface area contributed by atoms with E-state index in [0.29, 0.717) is 28.1 Å². The van der Waals surface area contributed by atoms with E-state index in [1.54, 1.807) is 41.3 Å². The highest BCUT2D eigenvalue weighted by molar-refractivity contribution is 6.25. The molecule has 0 amide bonds. The summed E-state index contributed by atoms with van der Waals surface area (Å²) < 4.78 is 0. The number of H-pyrrole nitrogens is 1. The van der Waals surface area contributed by atoms with Crippen LogP contribution in [0.4, 0.5) is 11.4 Å². The predicted molar refractivity (Wildman–Crippen MR) is 112 cm³/mol. The Kier molecular flexibility index (Phi) is 2.55. The summed E-state index contributed by atoms with van der Waals surface area (Å²) in [7, 11) is 0. The van der Waals surface area contributed by atoms with Crippen LogP contribution in [0.2, 0.25) is 0 Å². The van der Waals surface area contributed by atoms with E-state index in [9.17, 15) is 14.7 Å². The van der Waals surface area contributed by atoms with E-state index in [-0.39, 0.29) is 11.5 Å². The molecule has 3 aromatic carbocycles. The van der Waals surface area contributed by atoms with Crippen molar-refractivity contribution in [3.63, 3.8) is 0 Å². The molecule has 2 bridgehead atoms. The summed E-state index contributed by atoms with van der Waals surface area (Å²) in [6.07, 6.45) is 0. The van der Waals surface area contributed by atoms with Gasteiger partial charge in [-0.2, -0.15) is 0 Å². The fraction of sp³-hybridized carbons (Fsp3) is 0.0833. The maximum atomic E-state index is 14.0. The average molecular weight is 393 g/mol. The van der Waals surface area contributed by atoms with E-state index in [1.807, 2.05) is 36.4 Å². The summed E-state index contributed by atoms with van der Waals surface area (Å²) in [5.74, 6) is -0.660. The highest BCUT2D eigenvalue weighted by Gasteiger charge is 2.70. The number of nitrogens with zero attached hydrogens (tertiary/aromatic N) is 1. The average Bonchev–Trinajstić information content (AvgIpc) is 3.28. The number of Topliss-reactive ketones (excluding diaryl/α,β-unsaturated/α-hetero) is 2. The van der Waals surface area contributed by atoms with Gasteiger partial charge in [-0.15, -0.1) is 0 Å². The molecular weight excluding hydrogens is 378 g/mol. The Hall–Kier alpha value is -3.90. The molecule has 2 atom stereocenters. The summed E-state index contributed by atoms with van der Waals surface area (Å²) in [6, 6.07) is 21.8. The lowest BCUT2D eigenvalue weighted by molar-refractivity contribution is 0.0104. The lowest BCUT2D eigenvalue weighted by atomic mass is 9.76. The van der Waals surface area contributed by atoms with Gasteiger partial charge in [0.15, 0.2) is 0 Å². The van der Waals surface area contributed by atoms with Crippen molar-refractivity contribution in [3.8, 4) is 0 Å². The maximum absolute atomic E-state index is 14.0. The van der Waals surface area contributed by atoms with Crippen molar-refractivity contribution >= 4 is 33.8 Å². The highest BCUT2D eigenvalue weighted by Crippen LogP contribution is 2.60. The number of carbonyl (C=O) groups is 2. The van der Waals surface area contributed by atoms with Gasteiger partial charge in [-0.05, 0) is 24.3 Å². The zero-order chi connectivity index (χ0) is 20.3. The molecule has 0 spiro atoms. The van der Waals surface area contributed by atoms with Crippen LogP contribution in [-0.4, -0.2) is 21.7 Å². The number of rotatable bonds is 0. The zero-order valence-electron chi connectivity index (χ0n) is 15.6. The lowest BCUT2D eigenvalue weighted by Crippen LogP contribution is -2.70. The molecule has 3 aliphatic heterocycles. The van der Waals surface area contributed by atoms with Gasteiger partial charge in [0.2, 0.25) is 23.0 Å². The third-order valence-corrected chi connectivity index (χ3v) is 6.61. The molecule has 1 aromatic heterocycles. The van der Waals surface area contributed by atoms with Crippen LogP contribution in [0.25, 0.3) is 10.9 Å². The Labute approximate surface area is 170 Å². The Morgan fingerprint density at radius 1 is 0.833 bits per heavy atom. The van der Waals surface area contributed by atoms with Gasteiger partial charge in [0, 0.05) is 33.3 Å². The van der Waals surface area contributed by atoms with Gasteiger partial charge in [0.1, 0.15) is 0 Å². The van der Waals surface area contributed by atoms with Crippen LogP contribution in [0.5, 0.6) is 0 Å². The number of hydrogen-bond acceptors (Lipinski definition) is 5. The quantitative estimate of drug-likeness (QED) is 0.426. The first kappa shape index (κ1) is 16.0. The molecule has 0 aliphatic carbocycles. The SMILES string of the molecule is O=C1c2[nH]c3ccccc3c2[C@]23Nc4ccccc4[C@@]1(O)N2c1ccccc1C3=O. The number of aromatic amines is 1. The van der Waals surface area contributed by atoms with Crippen molar-refractivity contribution in [3.05, 3.63) is 95.2 Å². The van der Waals surface area contributed by atoms with E-state index in [0.717, 1.165) is 10.9 Å². The van der Waals surface area contributed by atoms with Gasteiger partial charge in [0.05, 0.1) is 11.4 Å². The van der Waals surface area contributed by atoms with Crippen LogP contribution in [0.15, 0.2) is 72.8 Å². The number of fused-ring (bicyclic) bond motifs is 6. The summed E-state index contributed by atoms with van der Waals surface area (Å²) in [4.78, 5) is 32.6. The molecule has 7 rings (SSSR count). The molecule has 0 saturated carbocycles. The molecule has 30 heavy (non-hydrogen) atoms. The molecule has 4 aromatic rings. The Balaban J connectivity index is 1.72. The summed E-state index contributed by atoms with van der Waals surface area (Å²) in [5.41, 5.74) is 0.144. The van der Waals surface area contributed by atoms with Crippen LogP contribution in [0.3, 0.4) is 0 Å². The molecule has 6 heteroatoms. The topological polar surface area (TPSA) is 85.4 Å². The number of aromatic nitrogens is 1. The molecule has 4 heterocycles. The van der Waals surface area contributed by atoms with Gasteiger partial charge < -0.3 is 15.4 Å². The number of benzene rings is 3. The third kappa shape index (κ3) is 1.45. The van der Waals surface area contributed by atoms with Crippen molar-refractivity contribution in [1.29, 1.82) is 0 Å².